The van der Waals surface area contributed by atoms with Crippen molar-refractivity contribution >= 4 is 11.6 Å². The number of hydrogen-bond acceptors (Lipinski definition) is 3. The van der Waals surface area contributed by atoms with Gasteiger partial charge in [-0.05, 0) is 37.1 Å². The molecular formula is C14H20N2O2. The van der Waals surface area contributed by atoms with Gasteiger partial charge in [-0.1, -0.05) is 6.08 Å². The maximum Gasteiger partial charge on any atom is 0.224 e. The molecule has 1 aromatic rings. The Balaban J connectivity index is 2.38. The monoisotopic (exact) mass is 248 g/mol. The number of allylic oxidation sites excluding steroid dienone is 1. The second-order valence-corrected chi connectivity index (χ2v) is 3.89. The predicted molar refractivity (Wildman–Crippen MR) is 73.7 cm³/mol. The molecule has 0 aliphatic carbocycles. The highest BCUT2D eigenvalue weighted by atomic mass is 16.5. The van der Waals surface area contributed by atoms with Crippen LogP contribution in [0.2, 0.25) is 0 Å². The van der Waals surface area contributed by atoms with Crippen LogP contribution in [0.1, 0.15) is 19.3 Å². The van der Waals surface area contributed by atoms with E-state index in [-0.39, 0.29) is 5.91 Å². The van der Waals surface area contributed by atoms with Gasteiger partial charge in [-0.3, -0.25) is 4.79 Å². The topological polar surface area (TPSA) is 64.3 Å². The predicted octanol–water partition coefficient (Wildman–Crippen LogP) is 2.32. The Morgan fingerprint density at radius 1 is 1.39 bits per heavy atom. The molecule has 4 nitrogen and oxygen atoms in total. The fourth-order valence-corrected chi connectivity index (χ4v) is 1.44. The van der Waals surface area contributed by atoms with E-state index >= 15 is 0 Å². The lowest BCUT2D eigenvalue weighted by molar-refractivity contribution is -0.116. The SMILES string of the molecule is C=CCCCC(=O)Nc1ccc(OCCN)cc1. The van der Waals surface area contributed by atoms with E-state index < -0.39 is 0 Å². The van der Waals surface area contributed by atoms with Crippen LogP contribution in [0.5, 0.6) is 5.75 Å². The van der Waals surface area contributed by atoms with Crippen molar-refractivity contribution in [2.24, 2.45) is 5.73 Å². The van der Waals surface area contributed by atoms with Crippen LogP contribution < -0.4 is 15.8 Å². The van der Waals surface area contributed by atoms with Crippen LogP contribution in [0, 0.1) is 0 Å². The zero-order chi connectivity index (χ0) is 13.2. The first-order valence-corrected chi connectivity index (χ1v) is 6.10. The summed E-state index contributed by atoms with van der Waals surface area (Å²) in [6.45, 7) is 4.60. The summed E-state index contributed by atoms with van der Waals surface area (Å²) in [4.78, 5) is 11.6. The smallest absolute Gasteiger partial charge is 0.224 e. The Morgan fingerprint density at radius 3 is 2.72 bits per heavy atom. The number of nitrogens with two attached hydrogens (primary N) is 1. The quantitative estimate of drug-likeness (QED) is 0.548. The number of carbonyl (C=O) groups is 1. The molecule has 0 spiro atoms. The summed E-state index contributed by atoms with van der Waals surface area (Å²) in [5, 5.41) is 2.83. The van der Waals surface area contributed by atoms with E-state index in [9.17, 15) is 4.79 Å². The molecule has 0 atom stereocenters. The maximum absolute atomic E-state index is 11.6. The van der Waals surface area contributed by atoms with Gasteiger partial charge in [0, 0.05) is 18.7 Å². The van der Waals surface area contributed by atoms with Gasteiger partial charge in [0.1, 0.15) is 12.4 Å². The molecule has 0 fully saturated rings. The zero-order valence-corrected chi connectivity index (χ0v) is 10.5. The third kappa shape index (κ3) is 5.50. The molecular weight excluding hydrogens is 228 g/mol. The number of ether oxygens (including phenoxy) is 1. The molecule has 0 saturated carbocycles. The molecule has 0 radical (unpaired) electrons. The standard InChI is InChI=1S/C14H20N2O2/c1-2-3-4-5-14(17)16-12-6-8-13(9-7-12)18-11-10-15/h2,6-9H,1,3-5,10-11,15H2,(H,16,17). The Morgan fingerprint density at radius 2 is 2.11 bits per heavy atom. The number of carbonyl (C=O) groups excluding carboxylic acids is 1. The molecule has 0 bridgehead atoms. The van der Waals surface area contributed by atoms with E-state index in [1.54, 1.807) is 0 Å². The third-order valence-electron chi connectivity index (χ3n) is 2.34. The highest BCUT2D eigenvalue weighted by molar-refractivity contribution is 5.90. The zero-order valence-electron chi connectivity index (χ0n) is 10.5. The molecule has 1 rings (SSSR count). The largest absolute Gasteiger partial charge is 0.492 e. The van der Waals surface area contributed by atoms with Crippen LogP contribution in [-0.2, 0) is 4.79 Å². The van der Waals surface area contributed by atoms with Crippen molar-refractivity contribution in [3.63, 3.8) is 0 Å². The summed E-state index contributed by atoms with van der Waals surface area (Å²) in [5.41, 5.74) is 6.12. The Bertz CT molecular complexity index is 374. The average Bonchev–Trinajstić information content (AvgIpc) is 2.38. The van der Waals surface area contributed by atoms with Crippen molar-refractivity contribution in [1.82, 2.24) is 0 Å². The fraction of sp³-hybridized carbons (Fsp3) is 0.357. The average molecular weight is 248 g/mol. The number of benzene rings is 1. The van der Waals surface area contributed by atoms with Gasteiger partial charge in [-0.25, -0.2) is 0 Å². The Kier molecular flexibility index (Phi) is 6.58. The highest BCUT2D eigenvalue weighted by Gasteiger charge is 2.01. The van der Waals surface area contributed by atoms with Gasteiger partial charge in [0.25, 0.3) is 0 Å². The van der Waals surface area contributed by atoms with E-state index in [0.29, 0.717) is 19.6 Å². The first-order valence-electron chi connectivity index (χ1n) is 6.10. The lowest BCUT2D eigenvalue weighted by Crippen LogP contribution is -2.11. The molecule has 18 heavy (non-hydrogen) atoms. The minimum Gasteiger partial charge on any atom is -0.492 e. The van der Waals surface area contributed by atoms with E-state index in [1.165, 1.54) is 0 Å². The van der Waals surface area contributed by atoms with E-state index in [1.807, 2.05) is 30.3 Å². The van der Waals surface area contributed by atoms with Crippen molar-refractivity contribution in [3.05, 3.63) is 36.9 Å². The van der Waals surface area contributed by atoms with Crippen LogP contribution in [0.3, 0.4) is 0 Å². The van der Waals surface area contributed by atoms with Crippen molar-refractivity contribution < 1.29 is 9.53 Å². The minimum absolute atomic E-state index is 0.0208. The lowest BCUT2D eigenvalue weighted by atomic mass is 10.2. The number of nitrogens with one attached hydrogen (secondary N) is 1. The van der Waals surface area contributed by atoms with Crippen molar-refractivity contribution in [2.75, 3.05) is 18.5 Å². The molecule has 98 valence electrons. The summed E-state index contributed by atoms with van der Waals surface area (Å²) in [6, 6.07) is 7.26. The summed E-state index contributed by atoms with van der Waals surface area (Å²) in [7, 11) is 0. The Hall–Kier alpha value is -1.81. The van der Waals surface area contributed by atoms with Crippen LogP contribution in [-0.4, -0.2) is 19.1 Å². The van der Waals surface area contributed by atoms with Crippen LogP contribution in [0.4, 0.5) is 5.69 Å². The van der Waals surface area contributed by atoms with E-state index in [2.05, 4.69) is 11.9 Å². The molecule has 1 amide bonds. The maximum atomic E-state index is 11.6. The van der Waals surface area contributed by atoms with E-state index in [0.717, 1.165) is 24.3 Å². The molecule has 0 unspecified atom stereocenters. The highest BCUT2D eigenvalue weighted by Crippen LogP contribution is 2.15. The van der Waals surface area contributed by atoms with Gasteiger partial charge in [0.2, 0.25) is 5.91 Å². The summed E-state index contributed by atoms with van der Waals surface area (Å²) < 4.78 is 5.35. The fourth-order valence-electron chi connectivity index (χ4n) is 1.44. The first-order chi connectivity index (χ1) is 8.76. The molecule has 0 heterocycles. The van der Waals surface area contributed by atoms with Gasteiger partial charge in [-0.2, -0.15) is 0 Å². The van der Waals surface area contributed by atoms with Gasteiger partial charge in [-0.15, -0.1) is 6.58 Å². The molecule has 0 saturated heterocycles. The van der Waals surface area contributed by atoms with Crippen molar-refractivity contribution in [2.45, 2.75) is 19.3 Å². The first kappa shape index (κ1) is 14.3. The second-order valence-electron chi connectivity index (χ2n) is 3.89. The van der Waals surface area contributed by atoms with Crippen LogP contribution in [0.15, 0.2) is 36.9 Å². The molecule has 3 N–H and O–H groups in total. The van der Waals surface area contributed by atoms with Gasteiger partial charge in [0.05, 0.1) is 0 Å². The second kappa shape index (κ2) is 8.31. The van der Waals surface area contributed by atoms with Crippen molar-refractivity contribution in [3.8, 4) is 5.75 Å². The van der Waals surface area contributed by atoms with Crippen LogP contribution in [0.25, 0.3) is 0 Å². The molecule has 4 heteroatoms. The van der Waals surface area contributed by atoms with Gasteiger partial charge >= 0.3 is 0 Å². The molecule has 1 aromatic carbocycles. The number of anilines is 1. The summed E-state index contributed by atoms with van der Waals surface area (Å²) in [6.07, 6.45) is 4.01. The normalized spacial score (nSPS) is 9.83. The number of amides is 1. The van der Waals surface area contributed by atoms with Gasteiger partial charge < -0.3 is 15.8 Å². The molecule has 0 aliphatic heterocycles. The number of rotatable bonds is 8. The summed E-state index contributed by atoms with van der Waals surface area (Å²) >= 11 is 0. The lowest BCUT2D eigenvalue weighted by Gasteiger charge is -2.07. The minimum atomic E-state index is 0.0208. The van der Waals surface area contributed by atoms with E-state index in [4.69, 9.17) is 10.5 Å². The van der Waals surface area contributed by atoms with Gasteiger partial charge in [0.15, 0.2) is 0 Å². The number of unbranched alkanes of at least 4 members (excludes halogenated alkanes) is 1. The molecule has 0 aromatic heterocycles. The number of hydrogen-bond donors (Lipinski definition) is 2. The molecule has 0 aliphatic rings. The van der Waals surface area contributed by atoms with Crippen molar-refractivity contribution in [1.29, 1.82) is 0 Å². The Labute approximate surface area is 108 Å². The third-order valence-corrected chi connectivity index (χ3v) is 2.34. The van der Waals surface area contributed by atoms with Crippen LogP contribution >= 0.6 is 0 Å². The summed E-state index contributed by atoms with van der Waals surface area (Å²) in [5.74, 6) is 0.776.